The Bertz CT molecular complexity index is 947. The lowest BCUT2D eigenvalue weighted by Crippen LogP contribution is -2.17. The molecule has 0 fully saturated rings. The number of ether oxygens (including phenoxy) is 2. The zero-order chi connectivity index (χ0) is 17.8. The molecule has 0 saturated carbocycles. The van der Waals surface area contributed by atoms with Gasteiger partial charge in [0.05, 0.1) is 20.4 Å². The number of carbonyl (C=O) groups excluding carboxylic acids is 1. The van der Waals surface area contributed by atoms with Gasteiger partial charge in [-0.1, -0.05) is 6.07 Å². The minimum atomic E-state index is -0.395. The number of hydrogen-bond acceptors (Lipinski definition) is 5. The highest BCUT2D eigenvalue weighted by Gasteiger charge is 2.10. The van der Waals surface area contributed by atoms with Crippen LogP contribution in [0.1, 0.15) is 16.1 Å². The number of nitrogens with zero attached hydrogens (tertiary/aromatic N) is 1. The highest BCUT2D eigenvalue weighted by Crippen LogP contribution is 2.28. The molecule has 7 heteroatoms. The van der Waals surface area contributed by atoms with Crippen LogP contribution in [0.4, 0.5) is 0 Å². The quantitative estimate of drug-likeness (QED) is 0.492. The van der Waals surface area contributed by atoms with Crippen LogP contribution in [-0.2, 0) is 0 Å². The van der Waals surface area contributed by atoms with Gasteiger partial charge in [0.15, 0.2) is 11.5 Å². The van der Waals surface area contributed by atoms with Crippen molar-refractivity contribution in [2.24, 2.45) is 5.10 Å². The summed E-state index contributed by atoms with van der Waals surface area (Å²) in [5.41, 5.74) is 4.04. The van der Waals surface area contributed by atoms with Crippen LogP contribution in [-0.4, -0.2) is 36.4 Å². The number of aromatic amines is 1. The second-order valence-electron chi connectivity index (χ2n) is 5.23. The van der Waals surface area contributed by atoms with E-state index >= 15 is 0 Å². The molecule has 2 aromatic carbocycles. The van der Waals surface area contributed by atoms with Crippen molar-refractivity contribution in [1.29, 1.82) is 0 Å². The number of phenols is 1. The van der Waals surface area contributed by atoms with Gasteiger partial charge in [-0.25, -0.2) is 5.43 Å². The predicted octanol–water partition coefficient (Wildman–Crippen LogP) is 2.65. The molecule has 0 aliphatic rings. The summed E-state index contributed by atoms with van der Waals surface area (Å²) in [7, 11) is 3.05. The number of rotatable bonds is 5. The van der Waals surface area contributed by atoms with E-state index in [9.17, 15) is 9.90 Å². The third-order valence-electron chi connectivity index (χ3n) is 3.69. The molecule has 0 bridgehead atoms. The maximum absolute atomic E-state index is 12.2. The van der Waals surface area contributed by atoms with Crippen molar-refractivity contribution in [3.63, 3.8) is 0 Å². The maximum atomic E-state index is 12.2. The number of para-hydroxylation sites is 1. The second kappa shape index (κ2) is 6.96. The third-order valence-corrected chi connectivity index (χ3v) is 3.69. The van der Waals surface area contributed by atoms with E-state index < -0.39 is 5.91 Å². The molecule has 1 amide bonds. The van der Waals surface area contributed by atoms with E-state index in [1.807, 2.05) is 18.2 Å². The molecule has 3 aromatic rings. The number of aromatic nitrogens is 1. The smallest absolute Gasteiger partial charge is 0.287 e. The van der Waals surface area contributed by atoms with Crippen molar-refractivity contribution in [1.82, 2.24) is 10.4 Å². The SMILES string of the molecule is COc1ccc2[nH]c(C(=O)N/N=C\c3cccc(OC)c3O)cc2c1. The van der Waals surface area contributed by atoms with E-state index in [0.29, 0.717) is 22.8 Å². The lowest BCUT2D eigenvalue weighted by molar-refractivity contribution is 0.0951. The average molecular weight is 339 g/mol. The van der Waals surface area contributed by atoms with Gasteiger partial charge in [-0.3, -0.25) is 4.79 Å². The number of nitrogens with one attached hydrogen (secondary N) is 2. The Morgan fingerprint density at radius 2 is 2.04 bits per heavy atom. The first-order valence-corrected chi connectivity index (χ1v) is 7.48. The van der Waals surface area contributed by atoms with Crippen LogP contribution in [0.25, 0.3) is 10.9 Å². The van der Waals surface area contributed by atoms with Gasteiger partial charge in [0.25, 0.3) is 5.91 Å². The van der Waals surface area contributed by atoms with Gasteiger partial charge in [-0.05, 0) is 36.4 Å². The number of hydrogen-bond donors (Lipinski definition) is 3. The van der Waals surface area contributed by atoms with Gasteiger partial charge >= 0.3 is 0 Å². The molecule has 3 N–H and O–H groups in total. The van der Waals surface area contributed by atoms with Gasteiger partial charge in [-0.2, -0.15) is 5.10 Å². The van der Waals surface area contributed by atoms with E-state index in [2.05, 4.69) is 15.5 Å². The van der Waals surface area contributed by atoms with Crippen molar-refractivity contribution in [2.75, 3.05) is 14.2 Å². The number of phenolic OH excluding ortho intramolecular Hbond substituents is 1. The molecule has 0 radical (unpaired) electrons. The predicted molar refractivity (Wildman–Crippen MR) is 94.6 cm³/mol. The van der Waals surface area contributed by atoms with Crippen LogP contribution in [0.15, 0.2) is 47.6 Å². The Hall–Kier alpha value is -3.48. The number of carbonyl (C=O) groups is 1. The Balaban J connectivity index is 1.74. The number of benzene rings is 2. The van der Waals surface area contributed by atoms with Crippen LogP contribution in [0.3, 0.4) is 0 Å². The number of H-pyrrole nitrogens is 1. The Morgan fingerprint density at radius 1 is 1.20 bits per heavy atom. The van der Waals surface area contributed by atoms with Crippen molar-refractivity contribution in [2.45, 2.75) is 0 Å². The molecule has 0 saturated heterocycles. The zero-order valence-electron chi connectivity index (χ0n) is 13.7. The molecule has 128 valence electrons. The lowest BCUT2D eigenvalue weighted by atomic mass is 10.2. The van der Waals surface area contributed by atoms with E-state index in [4.69, 9.17) is 9.47 Å². The monoisotopic (exact) mass is 339 g/mol. The number of fused-ring (bicyclic) bond motifs is 1. The summed E-state index contributed by atoms with van der Waals surface area (Å²) < 4.78 is 10.2. The molecule has 7 nitrogen and oxygen atoms in total. The van der Waals surface area contributed by atoms with Crippen molar-refractivity contribution < 1.29 is 19.4 Å². The number of hydrazone groups is 1. The number of amides is 1. The topological polar surface area (TPSA) is 95.9 Å². The molecular formula is C18H17N3O4. The standard InChI is InChI=1S/C18H17N3O4/c1-24-13-6-7-14-12(8-13)9-15(20-14)18(23)21-19-10-11-4-3-5-16(25-2)17(11)22/h3-10,20,22H,1-2H3,(H,21,23)/b19-10-. The fourth-order valence-electron chi connectivity index (χ4n) is 2.39. The van der Waals surface area contributed by atoms with Crippen LogP contribution < -0.4 is 14.9 Å². The Morgan fingerprint density at radius 3 is 2.80 bits per heavy atom. The van der Waals surface area contributed by atoms with Crippen molar-refractivity contribution in [3.05, 3.63) is 53.7 Å². The minimum Gasteiger partial charge on any atom is -0.504 e. The maximum Gasteiger partial charge on any atom is 0.287 e. The highest BCUT2D eigenvalue weighted by atomic mass is 16.5. The molecule has 0 aliphatic carbocycles. The van der Waals surface area contributed by atoms with E-state index in [-0.39, 0.29) is 5.75 Å². The number of methoxy groups -OCH3 is 2. The molecule has 0 unspecified atom stereocenters. The summed E-state index contributed by atoms with van der Waals surface area (Å²) in [6.07, 6.45) is 1.35. The molecular weight excluding hydrogens is 322 g/mol. The second-order valence-corrected chi connectivity index (χ2v) is 5.23. The van der Waals surface area contributed by atoms with E-state index in [0.717, 1.165) is 10.9 Å². The highest BCUT2D eigenvalue weighted by molar-refractivity contribution is 5.98. The van der Waals surface area contributed by atoms with Crippen LogP contribution in [0, 0.1) is 0 Å². The first-order valence-electron chi connectivity index (χ1n) is 7.48. The zero-order valence-corrected chi connectivity index (χ0v) is 13.7. The fraction of sp³-hybridized carbons (Fsp3) is 0.111. The van der Waals surface area contributed by atoms with Crippen LogP contribution >= 0.6 is 0 Å². The lowest BCUT2D eigenvalue weighted by Gasteiger charge is -2.04. The van der Waals surface area contributed by atoms with Crippen molar-refractivity contribution in [3.8, 4) is 17.2 Å². The summed E-state index contributed by atoms with van der Waals surface area (Å²) in [6, 6.07) is 12.2. The van der Waals surface area contributed by atoms with Gasteiger partial charge in [0.1, 0.15) is 11.4 Å². The molecule has 0 aliphatic heterocycles. The molecule has 3 rings (SSSR count). The summed E-state index contributed by atoms with van der Waals surface area (Å²) in [6.45, 7) is 0. The van der Waals surface area contributed by atoms with E-state index in [1.165, 1.54) is 13.3 Å². The Kier molecular flexibility index (Phi) is 4.56. The summed E-state index contributed by atoms with van der Waals surface area (Å²) >= 11 is 0. The molecule has 25 heavy (non-hydrogen) atoms. The molecule has 1 heterocycles. The van der Waals surface area contributed by atoms with Crippen LogP contribution in [0.5, 0.6) is 17.2 Å². The largest absolute Gasteiger partial charge is 0.504 e. The third kappa shape index (κ3) is 3.40. The van der Waals surface area contributed by atoms with Crippen molar-refractivity contribution >= 4 is 23.0 Å². The first kappa shape index (κ1) is 16.4. The molecule has 0 atom stereocenters. The first-order chi connectivity index (χ1) is 12.1. The minimum absolute atomic E-state index is 0.0410. The summed E-state index contributed by atoms with van der Waals surface area (Å²) in [4.78, 5) is 15.2. The molecule has 0 spiro atoms. The van der Waals surface area contributed by atoms with Gasteiger partial charge in [0, 0.05) is 16.5 Å². The van der Waals surface area contributed by atoms with Crippen LogP contribution in [0.2, 0.25) is 0 Å². The van der Waals surface area contributed by atoms with E-state index in [1.54, 1.807) is 31.4 Å². The van der Waals surface area contributed by atoms with Gasteiger partial charge in [0.2, 0.25) is 0 Å². The normalized spacial score (nSPS) is 11.0. The average Bonchev–Trinajstić information content (AvgIpc) is 3.06. The number of aromatic hydroxyl groups is 1. The summed E-state index contributed by atoms with van der Waals surface area (Å²) in [5, 5.41) is 14.7. The Labute approximate surface area is 143 Å². The van der Waals surface area contributed by atoms with Gasteiger partial charge in [-0.15, -0.1) is 0 Å². The van der Waals surface area contributed by atoms with Gasteiger partial charge < -0.3 is 19.6 Å². The molecule has 1 aromatic heterocycles. The summed E-state index contributed by atoms with van der Waals surface area (Å²) in [5.74, 6) is 0.610. The fourth-order valence-corrected chi connectivity index (χ4v) is 2.39.